The Labute approximate surface area is 155 Å². The van der Waals surface area contributed by atoms with E-state index in [4.69, 9.17) is 11.6 Å². The summed E-state index contributed by atoms with van der Waals surface area (Å²) in [6, 6.07) is 10.1. The first-order chi connectivity index (χ1) is 12.1. The number of nitrogens with zero attached hydrogens (tertiary/aromatic N) is 1. The predicted octanol–water partition coefficient (Wildman–Crippen LogP) is 4.49. The molecule has 0 aliphatic rings. The number of carbonyl (C=O) groups excluding carboxylic acids is 2. The maximum Gasteiger partial charge on any atom is 0.271 e. The van der Waals surface area contributed by atoms with Crippen LogP contribution in [0.25, 0.3) is 0 Å². The number of nitrogens with one attached hydrogen (secondary N) is 2. The molecule has 0 fully saturated rings. The van der Waals surface area contributed by atoms with Crippen molar-refractivity contribution in [3.8, 4) is 0 Å². The van der Waals surface area contributed by atoms with Gasteiger partial charge < -0.3 is 10.6 Å². The lowest BCUT2D eigenvalue weighted by atomic mass is 9.95. The van der Waals surface area contributed by atoms with Crippen molar-refractivity contribution in [1.82, 2.24) is 0 Å². The highest BCUT2D eigenvalue weighted by molar-refractivity contribution is 6.34. The molecule has 0 radical (unpaired) electrons. The van der Waals surface area contributed by atoms with Crippen LogP contribution in [0.3, 0.4) is 0 Å². The van der Waals surface area contributed by atoms with Crippen LogP contribution in [0.2, 0.25) is 5.02 Å². The number of hydrogen-bond acceptors (Lipinski definition) is 4. The van der Waals surface area contributed by atoms with Crippen LogP contribution in [0.4, 0.5) is 17.1 Å². The zero-order chi connectivity index (χ0) is 19.5. The van der Waals surface area contributed by atoms with Gasteiger partial charge in [0.25, 0.3) is 11.6 Å². The summed E-state index contributed by atoms with van der Waals surface area (Å²) in [7, 11) is 0. The van der Waals surface area contributed by atoms with Crippen molar-refractivity contribution in [2.24, 2.45) is 5.41 Å². The zero-order valence-electron chi connectivity index (χ0n) is 14.5. The molecule has 0 saturated heterocycles. The lowest BCUT2D eigenvalue weighted by Crippen LogP contribution is -2.27. The van der Waals surface area contributed by atoms with E-state index in [9.17, 15) is 19.7 Å². The van der Waals surface area contributed by atoms with E-state index < -0.39 is 16.2 Å². The van der Waals surface area contributed by atoms with E-state index in [1.807, 2.05) is 0 Å². The molecule has 2 aromatic rings. The van der Waals surface area contributed by atoms with Gasteiger partial charge in [-0.15, -0.1) is 0 Å². The number of carbonyl (C=O) groups is 2. The summed E-state index contributed by atoms with van der Waals surface area (Å²) in [6.07, 6.45) is 0. The van der Waals surface area contributed by atoms with Crippen LogP contribution in [0, 0.1) is 15.5 Å². The number of non-ortho nitro benzene ring substituents is 1. The van der Waals surface area contributed by atoms with E-state index in [2.05, 4.69) is 10.6 Å². The van der Waals surface area contributed by atoms with E-state index >= 15 is 0 Å². The monoisotopic (exact) mass is 375 g/mol. The fourth-order valence-corrected chi connectivity index (χ4v) is 2.11. The van der Waals surface area contributed by atoms with E-state index in [0.29, 0.717) is 11.3 Å². The fraction of sp³-hybridized carbons (Fsp3) is 0.222. The Morgan fingerprint density at radius 1 is 1.04 bits per heavy atom. The summed E-state index contributed by atoms with van der Waals surface area (Å²) in [4.78, 5) is 34.5. The maximum atomic E-state index is 12.3. The molecule has 0 aliphatic heterocycles. The van der Waals surface area contributed by atoms with E-state index in [1.165, 1.54) is 18.2 Å². The second-order valence-electron chi connectivity index (χ2n) is 6.66. The van der Waals surface area contributed by atoms with Gasteiger partial charge >= 0.3 is 0 Å². The normalized spacial score (nSPS) is 10.9. The molecule has 0 heterocycles. The minimum absolute atomic E-state index is 0.141. The number of amides is 2. The molecule has 0 atom stereocenters. The number of benzene rings is 2. The minimum atomic E-state index is -0.571. The Hall–Kier alpha value is -2.93. The SMILES string of the molecule is CC(C)(C)C(=O)Nc1ccc(C(=O)Nc2cc([N+](=O)[O-])ccc2Cl)cc1. The number of nitro groups is 1. The number of anilines is 2. The molecule has 0 saturated carbocycles. The van der Waals surface area contributed by atoms with Gasteiger partial charge in [0.2, 0.25) is 5.91 Å². The van der Waals surface area contributed by atoms with Crippen LogP contribution in [0.1, 0.15) is 31.1 Å². The second-order valence-corrected chi connectivity index (χ2v) is 7.06. The van der Waals surface area contributed by atoms with Gasteiger partial charge in [-0.3, -0.25) is 19.7 Å². The van der Waals surface area contributed by atoms with Gasteiger partial charge in [0, 0.05) is 28.8 Å². The molecule has 0 aliphatic carbocycles. The minimum Gasteiger partial charge on any atom is -0.326 e. The molecule has 2 N–H and O–H groups in total. The fourth-order valence-electron chi connectivity index (χ4n) is 1.94. The Balaban J connectivity index is 2.12. The third kappa shape index (κ3) is 4.80. The van der Waals surface area contributed by atoms with Crippen molar-refractivity contribution >= 4 is 40.5 Å². The smallest absolute Gasteiger partial charge is 0.271 e. The van der Waals surface area contributed by atoms with Crippen molar-refractivity contribution in [2.75, 3.05) is 10.6 Å². The van der Waals surface area contributed by atoms with Gasteiger partial charge in [-0.05, 0) is 30.3 Å². The Kier molecular flexibility index (Phi) is 5.62. The molecule has 8 heteroatoms. The molecular weight excluding hydrogens is 358 g/mol. The van der Waals surface area contributed by atoms with Gasteiger partial charge in [0.1, 0.15) is 0 Å². The van der Waals surface area contributed by atoms with E-state index in [0.717, 1.165) is 0 Å². The van der Waals surface area contributed by atoms with Crippen molar-refractivity contribution in [3.63, 3.8) is 0 Å². The number of rotatable bonds is 4. The van der Waals surface area contributed by atoms with Crippen molar-refractivity contribution in [3.05, 3.63) is 63.2 Å². The summed E-state index contributed by atoms with van der Waals surface area (Å²) >= 11 is 5.97. The highest BCUT2D eigenvalue weighted by Crippen LogP contribution is 2.27. The van der Waals surface area contributed by atoms with Gasteiger partial charge in [-0.2, -0.15) is 0 Å². The Bertz CT molecular complexity index is 858. The third-order valence-electron chi connectivity index (χ3n) is 3.50. The second kappa shape index (κ2) is 7.53. The van der Waals surface area contributed by atoms with E-state index in [1.54, 1.807) is 45.0 Å². The molecule has 7 nitrogen and oxygen atoms in total. The van der Waals surface area contributed by atoms with Crippen LogP contribution in [0.15, 0.2) is 42.5 Å². The molecule has 0 spiro atoms. The third-order valence-corrected chi connectivity index (χ3v) is 3.82. The highest BCUT2D eigenvalue weighted by atomic mass is 35.5. The quantitative estimate of drug-likeness (QED) is 0.607. The lowest BCUT2D eigenvalue weighted by Gasteiger charge is -2.17. The molecule has 0 aromatic heterocycles. The average molecular weight is 376 g/mol. The summed E-state index contributed by atoms with van der Waals surface area (Å²) in [5, 5.41) is 16.3. The summed E-state index contributed by atoms with van der Waals surface area (Å²) in [5.74, 6) is -0.612. The standard InChI is InChI=1S/C18H18ClN3O4/c1-18(2,3)17(24)20-12-6-4-11(5-7-12)16(23)21-15-10-13(22(25)26)8-9-14(15)19/h4-10H,1-3H3,(H,20,24)(H,21,23). The summed E-state index contributed by atoms with van der Waals surface area (Å²) < 4.78 is 0. The molecule has 136 valence electrons. The Morgan fingerprint density at radius 2 is 1.65 bits per heavy atom. The van der Waals surface area contributed by atoms with Crippen LogP contribution >= 0.6 is 11.6 Å². The van der Waals surface area contributed by atoms with Crippen LogP contribution in [-0.2, 0) is 4.79 Å². The van der Waals surface area contributed by atoms with Gasteiger partial charge in [-0.1, -0.05) is 32.4 Å². The summed E-state index contributed by atoms with van der Waals surface area (Å²) in [5.41, 5.74) is 0.326. The molecule has 2 amide bonds. The van der Waals surface area contributed by atoms with E-state index in [-0.39, 0.29) is 22.3 Å². The van der Waals surface area contributed by atoms with Crippen molar-refractivity contribution < 1.29 is 14.5 Å². The average Bonchev–Trinajstić information content (AvgIpc) is 2.56. The van der Waals surface area contributed by atoms with Gasteiger partial charge in [0.05, 0.1) is 15.6 Å². The first-order valence-electron chi connectivity index (χ1n) is 7.75. The highest BCUT2D eigenvalue weighted by Gasteiger charge is 2.21. The number of nitro benzene ring substituents is 1. The molecular formula is C18H18ClN3O4. The molecule has 0 unspecified atom stereocenters. The molecule has 26 heavy (non-hydrogen) atoms. The topological polar surface area (TPSA) is 101 Å². The maximum absolute atomic E-state index is 12.3. The van der Waals surface area contributed by atoms with Crippen molar-refractivity contribution in [1.29, 1.82) is 0 Å². The van der Waals surface area contributed by atoms with Crippen LogP contribution < -0.4 is 10.6 Å². The molecule has 0 bridgehead atoms. The number of hydrogen-bond donors (Lipinski definition) is 2. The Morgan fingerprint density at radius 3 is 2.19 bits per heavy atom. The van der Waals surface area contributed by atoms with Gasteiger partial charge in [-0.25, -0.2) is 0 Å². The van der Waals surface area contributed by atoms with Crippen LogP contribution in [-0.4, -0.2) is 16.7 Å². The lowest BCUT2D eigenvalue weighted by molar-refractivity contribution is -0.384. The first-order valence-corrected chi connectivity index (χ1v) is 8.12. The van der Waals surface area contributed by atoms with Crippen LogP contribution in [0.5, 0.6) is 0 Å². The van der Waals surface area contributed by atoms with Gasteiger partial charge in [0.15, 0.2) is 0 Å². The molecule has 2 rings (SSSR count). The first kappa shape index (κ1) is 19.4. The zero-order valence-corrected chi connectivity index (χ0v) is 15.3. The largest absolute Gasteiger partial charge is 0.326 e. The summed E-state index contributed by atoms with van der Waals surface area (Å²) in [6.45, 7) is 5.40. The number of halogens is 1. The van der Waals surface area contributed by atoms with Crippen molar-refractivity contribution in [2.45, 2.75) is 20.8 Å². The predicted molar refractivity (Wildman–Crippen MR) is 101 cm³/mol. The molecule has 2 aromatic carbocycles.